The molecule has 0 amide bonds. The summed E-state index contributed by atoms with van der Waals surface area (Å²) < 4.78 is 2.24. The van der Waals surface area contributed by atoms with Crippen molar-refractivity contribution in [2.24, 2.45) is 5.92 Å². The minimum absolute atomic E-state index is 0.571. The van der Waals surface area contributed by atoms with Crippen LogP contribution in [0, 0.1) is 5.92 Å². The van der Waals surface area contributed by atoms with Gasteiger partial charge in [0.1, 0.15) is 11.6 Å². The summed E-state index contributed by atoms with van der Waals surface area (Å²) in [7, 11) is 0. The Hall–Kier alpha value is -1.26. The molecule has 0 saturated carbocycles. The molecular formula is C14H16Cl2N4. The van der Waals surface area contributed by atoms with Crippen molar-refractivity contribution < 1.29 is 0 Å². The molecule has 0 atom stereocenters. The zero-order valence-electron chi connectivity index (χ0n) is 11.3. The lowest BCUT2D eigenvalue weighted by Crippen LogP contribution is -2.49. The molecule has 106 valence electrons. The van der Waals surface area contributed by atoms with Crippen LogP contribution in [-0.4, -0.2) is 27.6 Å². The molecule has 0 aliphatic carbocycles. The predicted molar refractivity (Wildman–Crippen MR) is 81.6 cm³/mol. The summed E-state index contributed by atoms with van der Waals surface area (Å²) in [6.45, 7) is 5.07. The van der Waals surface area contributed by atoms with E-state index in [1.807, 2.05) is 6.20 Å². The number of halogens is 2. The van der Waals surface area contributed by atoms with Crippen LogP contribution in [0.2, 0.25) is 10.0 Å². The SMILES string of the molecule is CCc1nccn1CC1CN(c2ncc(Cl)cc2Cl)C1. The Bertz CT molecular complexity index is 605. The lowest BCUT2D eigenvalue weighted by Gasteiger charge is -2.40. The van der Waals surface area contributed by atoms with Gasteiger partial charge in [0, 0.05) is 50.6 Å². The molecule has 0 radical (unpaired) electrons. The second-order valence-electron chi connectivity index (χ2n) is 5.08. The molecule has 2 aromatic rings. The zero-order valence-corrected chi connectivity index (χ0v) is 12.8. The fourth-order valence-electron chi connectivity index (χ4n) is 2.60. The highest BCUT2D eigenvalue weighted by Gasteiger charge is 2.29. The van der Waals surface area contributed by atoms with Crippen molar-refractivity contribution in [2.45, 2.75) is 19.9 Å². The molecule has 3 rings (SSSR count). The summed E-state index contributed by atoms with van der Waals surface area (Å²) in [5, 5.41) is 1.19. The van der Waals surface area contributed by atoms with E-state index in [2.05, 4.69) is 32.6 Å². The van der Waals surface area contributed by atoms with Crippen molar-refractivity contribution in [3.8, 4) is 0 Å². The van der Waals surface area contributed by atoms with Crippen LogP contribution in [0.15, 0.2) is 24.7 Å². The number of nitrogens with zero attached hydrogens (tertiary/aromatic N) is 4. The van der Waals surface area contributed by atoms with Crippen LogP contribution in [0.25, 0.3) is 0 Å². The van der Waals surface area contributed by atoms with Crippen LogP contribution >= 0.6 is 23.2 Å². The molecule has 0 bridgehead atoms. The third-order valence-electron chi connectivity index (χ3n) is 3.62. The van der Waals surface area contributed by atoms with Crippen LogP contribution in [0.4, 0.5) is 5.82 Å². The van der Waals surface area contributed by atoms with Gasteiger partial charge in [-0.3, -0.25) is 0 Å². The first-order valence-corrected chi connectivity index (χ1v) is 7.49. The average molecular weight is 311 g/mol. The first-order valence-electron chi connectivity index (χ1n) is 6.73. The fraction of sp³-hybridized carbons (Fsp3) is 0.429. The second-order valence-corrected chi connectivity index (χ2v) is 5.92. The van der Waals surface area contributed by atoms with E-state index >= 15 is 0 Å². The molecule has 0 aromatic carbocycles. The van der Waals surface area contributed by atoms with Crippen molar-refractivity contribution in [2.75, 3.05) is 18.0 Å². The zero-order chi connectivity index (χ0) is 14.1. The van der Waals surface area contributed by atoms with Crippen molar-refractivity contribution in [1.29, 1.82) is 0 Å². The Balaban J connectivity index is 1.61. The number of anilines is 1. The lowest BCUT2D eigenvalue weighted by molar-refractivity contribution is 0.351. The van der Waals surface area contributed by atoms with Crippen molar-refractivity contribution in [1.82, 2.24) is 14.5 Å². The minimum atomic E-state index is 0.571. The maximum atomic E-state index is 6.17. The summed E-state index contributed by atoms with van der Waals surface area (Å²) in [4.78, 5) is 10.8. The Kier molecular flexibility index (Phi) is 3.85. The third kappa shape index (κ3) is 2.63. The average Bonchev–Trinajstić information content (AvgIpc) is 2.81. The molecule has 20 heavy (non-hydrogen) atoms. The van der Waals surface area contributed by atoms with Crippen molar-refractivity contribution >= 4 is 29.0 Å². The molecule has 4 nitrogen and oxygen atoms in total. The number of rotatable bonds is 4. The molecule has 0 N–H and O–H groups in total. The van der Waals surface area contributed by atoms with E-state index in [4.69, 9.17) is 23.2 Å². The number of pyridine rings is 1. The molecule has 0 spiro atoms. The summed E-state index contributed by atoms with van der Waals surface area (Å²) in [5.74, 6) is 2.59. The lowest BCUT2D eigenvalue weighted by atomic mass is 10.00. The second kappa shape index (κ2) is 5.62. The number of aryl methyl sites for hydroxylation is 1. The molecule has 6 heteroatoms. The number of hydrogen-bond acceptors (Lipinski definition) is 3. The molecular weight excluding hydrogens is 295 g/mol. The Morgan fingerprint density at radius 2 is 2.10 bits per heavy atom. The minimum Gasteiger partial charge on any atom is -0.355 e. The molecule has 1 saturated heterocycles. The smallest absolute Gasteiger partial charge is 0.147 e. The quantitative estimate of drug-likeness (QED) is 0.869. The first kappa shape index (κ1) is 13.7. The molecule has 0 unspecified atom stereocenters. The standard InChI is InChI=1S/C14H16Cl2N4/c1-2-13-17-3-4-19(13)7-10-8-20(9-10)14-12(16)5-11(15)6-18-14/h3-6,10H,2,7-9H2,1H3. The van der Waals surface area contributed by atoms with E-state index in [9.17, 15) is 0 Å². The van der Waals surface area contributed by atoms with Gasteiger partial charge in [-0.25, -0.2) is 9.97 Å². The van der Waals surface area contributed by atoms with Crippen molar-refractivity contribution in [3.63, 3.8) is 0 Å². The maximum Gasteiger partial charge on any atom is 0.147 e. The van der Waals surface area contributed by atoms with E-state index in [0.717, 1.165) is 37.7 Å². The van der Waals surface area contributed by atoms with E-state index in [1.54, 1.807) is 12.3 Å². The van der Waals surface area contributed by atoms with Gasteiger partial charge in [0.15, 0.2) is 0 Å². The largest absolute Gasteiger partial charge is 0.355 e. The van der Waals surface area contributed by atoms with Crippen LogP contribution in [0.1, 0.15) is 12.7 Å². The molecule has 1 fully saturated rings. The van der Waals surface area contributed by atoms with Crippen LogP contribution in [-0.2, 0) is 13.0 Å². The summed E-state index contributed by atoms with van der Waals surface area (Å²) in [5.41, 5.74) is 0. The van der Waals surface area contributed by atoms with Crippen LogP contribution in [0.5, 0.6) is 0 Å². The number of aromatic nitrogens is 3. The molecule has 1 aliphatic heterocycles. The van der Waals surface area contributed by atoms with Crippen LogP contribution in [0.3, 0.4) is 0 Å². The Labute approximate surface area is 128 Å². The Morgan fingerprint density at radius 1 is 1.30 bits per heavy atom. The molecule has 3 heterocycles. The van der Waals surface area contributed by atoms with Gasteiger partial charge in [-0.1, -0.05) is 30.1 Å². The van der Waals surface area contributed by atoms with Gasteiger partial charge in [0.2, 0.25) is 0 Å². The highest BCUT2D eigenvalue weighted by Crippen LogP contribution is 2.31. The van der Waals surface area contributed by atoms with Gasteiger partial charge in [0.05, 0.1) is 10.0 Å². The highest BCUT2D eigenvalue weighted by atomic mass is 35.5. The fourth-order valence-corrected chi connectivity index (χ4v) is 3.10. The van der Waals surface area contributed by atoms with E-state index < -0.39 is 0 Å². The van der Waals surface area contributed by atoms with Crippen LogP contribution < -0.4 is 4.90 Å². The predicted octanol–water partition coefficient (Wildman–Crippen LogP) is 3.28. The third-order valence-corrected chi connectivity index (χ3v) is 4.10. The normalized spacial score (nSPS) is 15.4. The maximum absolute atomic E-state index is 6.17. The van der Waals surface area contributed by atoms with Gasteiger partial charge < -0.3 is 9.47 Å². The van der Waals surface area contributed by atoms with E-state index in [-0.39, 0.29) is 0 Å². The Morgan fingerprint density at radius 3 is 2.80 bits per heavy atom. The monoisotopic (exact) mass is 310 g/mol. The summed E-state index contributed by atoms with van der Waals surface area (Å²) in [6, 6.07) is 1.74. The van der Waals surface area contributed by atoms with Gasteiger partial charge in [-0.15, -0.1) is 0 Å². The van der Waals surface area contributed by atoms with Gasteiger partial charge in [-0.2, -0.15) is 0 Å². The summed E-state index contributed by atoms with van der Waals surface area (Å²) in [6.07, 6.45) is 6.52. The number of hydrogen-bond donors (Lipinski definition) is 0. The topological polar surface area (TPSA) is 34.0 Å². The molecule has 2 aromatic heterocycles. The molecule has 1 aliphatic rings. The first-order chi connectivity index (χ1) is 9.67. The van der Waals surface area contributed by atoms with Crippen molar-refractivity contribution in [3.05, 3.63) is 40.5 Å². The van der Waals surface area contributed by atoms with E-state index in [1.165, 1.54) is 0 Å². The number of imidazole rings is 1. The van der Waals surface area contributed by atoms with Gasteiger partial charge in [-0.05, 0) is 6.07 Å². The van der Waals surface area contributed by atoms with E-state index in [0.29, 0.717) is 16.0 Å². The highest BCUT2D eigenvalue weighted by molar-refractivity contribution is 6.36. The van der Waals surface area contributed by atoms with Gasteiger partial charge in [0.25, 0.3) is 0 Å². The summed E-state index contributed by atoms with van der Waals surface area (Å²) >= 11 is 12.0. The van der Waals surface area contributed by atoms with Gasteiger partial charge >= 0.3 is 0 Å².